The monoisotopic (exact) mass is 199 g/mol. The average Bonchev–Trinajstić information content (AvgIpc) is 2.20. The minimum atomic E-state index is -1.30. The molecule has 6 N–H and O–H groups in total. The van der Waals surface area contributed by atoms with Crippen LogP contribution in [0.15, 0.2) is 18.2 Å². The summed E-state index contributed by atoms with van der Waals surface area (Å²) in [5.41, 5.74) is 5.20. The fraction of sp³-hybridized carbons (Fsp3) is 0.333. The molecule has 0 bridgehead atoms. The van der Waals surface area contributed by atoms with Gasteiger partial charge >= 0.3 is 0 Å². The van der Waals surface area contributed by atoms with E-state index in [0.29, 0.717) is 0 Å². The van der Waals surface area contributed by atoms with Crippen LogP contribution < -0.4 is 5.73 Å². The lowest BCUT2D eigenvalue weighted by Crippen LogP contribution is -2.27. The van der Waals surface area contributed by atoms with E-state index in [9.17, 15) is 15.3 Å². The molecule has 1 aromatic rings. The van der Waals surface area contributed by atoms with Gasteiger partial charge in [-0.05, 0) is 6.07 Å². The summed E-state index contributed by atoms with van der Waals surface area (Å²) in [5, 5.41) is 37.2. The number of aliphatic hydroxyl groups excluding tert-OH is 2. The maximum absolute atomic E-state index is 9.49. The third-order valence-corrected chi connectivity index (χ3v) is 1.97. The van der Waals surface area contributed by atoms with Gasteiger partial charge in [0.25, 0.3) is 0 Å². The summed E-state index contributed by atoms with van der Waals surface area (Å²) in [6.07, 6.45) is -2.46. The first-order chi connectivity index (χ1) is 6.57. The molecule has 0 aliphatic rings. The Bertz CT molecular complexity index is 316. The van der Waals surface area contributed by atoms with Crippen molar-refractivity contribution >= 4 is 0 Å². The van der Waals surface area contributed by atoms with Crippen molar-refractivity contribution < 1.29 is 20.4 Å². The summed E-state index contributed by atoms with van der Waals surface area (Å²) in [6.45, 7) is -0.129. The molecular weight excluding hydrogens is 186 g/mol. The highest BCUT2D eigenvalue weighted by Crippen LogP contribution is 2.33. The standard InChI is InChI=1S/C9H13NO4/c10-4-7(12)9(14)5-2-1-3-6(11)8(5)13/h1-3,7,9,11-14H,4,10H2. The first-order valence-corrected chi connectivity index (χ1v) is 4.15. The second kappa shape index (κ2) is 4.28. The molecule has 0 aromatic heterocycles. The van der Waals surface area contributed by atoms with Crippen LogP contribution in [-0.2, 0) is 0 Å². The maximum Gasteiger partial charge on any atom is 0.163 e. The zero-order chi connectivity index (χ0) is 10.7. The number of aliphatic hydroxyl groups is 2. The van der Waals surface area contributed by atoms with Crippen LogP contribution in [0.1, 0.15) is 11.7 Å². The molecule has 5 nitrogen and oxygen atoms in total. The quantitative estimate of drug-likeness (QED) is 0.420. The van der Waals surface area contributed by atoms with Crippen LogP contribution >= 0.6 is 0 Å². The lowest BCUT2D eigenvalue weighted by molar-refractivity contribution is 0.0228. The van der Waals surface area contributed by atoms with Crippen molar-refractivity contribution in [2.24, 2.45) is 5.73 Å². The molecule has 2 unspecified atom stereocenters. The second-order valence-electron chi connectivity index (χ2n) is 2.96. The molecular formula is C9H13NO4. The smallest absolute Gasteiger partial charge is 0.163 e. The molecule has 0 aliphatic heterocycles. The highest BCUT2D eigenvalue weighted by atomic mass is 16.3. The Morgan fingerprint density at radius 2 is 1.86 bits per heavy atom. The predicted octanol–water partition coefficient (Wildman–Crippen LogP) is -0.549. The molecule has 0 heterocycles. The van der Waals surface area contributed by atoms with Gasteiger partial charge in [0.05, 0.1) is 6.10 Å². The molecule has 2 atom stereocenters. The minimum absolute atomic E-state index is 0.0583. The second-order valence-corrected chi connectivity index (χ2v) is 2.96. The van der Waals surface area contributed by atoms with Crippen molar-refractivity contribution in [3.8, 4) is 11.5 Å². The van der Waals surface area contributed by atoms with Crippen molar-refractivity contribution in [2.75, 3.05) is 6.54 Å². The molecule has 0 saturated carbocycles. The number of nitrogens with two attached hydrogens (primary N) is 1. The van der Waals surface area contributed by atoms with E-state index in [4.69, 9.17) is 10.8 Å². The normalized spacial score (nSPS) is 15.1. The van der Waals surface area contributed by atoms with Crippen LogP contribution in [0.5, 0.6) is 11.5 Å². The Hall–Kier alpha value is -1.30. The van der Waals surface area contributed by atoms with Crippen LogP contribution in [0, 0.1) is 0 Å². The molecule has 0 aliphatic carbocycles. The van der Waals surface area contributed by atoms with Crippen LogP contribution in [0.25, 0.3) is 0 Å². The molecule has 0 saturated heterocycles. The molecule has 14 heavy (non-hydrogen) atoms. The van der Waals surface area contributed by atoms with Crippen LogP contribution in [0.4, 0.5) is 0 Å². The summed E-state index contributed by atoms with van der Waals surface area (Å²) in [6, 6.07) is 4.13. The summed E-state index contributed by atoms with van der Waals surface area (Å²) < 4.78 is 0. The van der Waals surface area contributed by atoms with Gasteiger partial charge in [-0.3, -0.25) is 0 Å². The Morgan fingerprint density at radius 1 is 1.21 bits per heavy atom. The fourth-order valence-electron chi connectivity index (χ4n) is 1.12. The number of benzene rings is 1. The third kappa shape index (κ3) is 1.95. The lowest BCUT2D eigenvalue weighted by atomic mass is 10.0. The zero-order valence-corrected chi connectivity index (χ0v) is 7.46. The van der Waals surface area contributed by atoms with E-state index in [2.05, 4.69) is 0 Å². The van der Waals surface area contributed by atoms with Crippen molar-refractivity contribution in [3.05, 3.63) is 23.8 Å². The molecule has 0 fully saturated rings. The topological polar surface area (TPSA) is 107 Å². The lowest BCUT2D eigenvalue weighted by Gasteiger charge is -2.17. The van der Waals surface area contributed by atoms with Crippen LogP contribution in [0.3, 0.4) is 0 Å². The van der Waals surface area contributed by atoms with Gasteiger partial charge in [0, 0.05) is 12.1 Å². The van der Waals surface area contributed by atoms with Gasteiger partial charge in [-0.15, -0.1) is 0 Å². The number of aromatic hydroxyl groups is 2. The zero-order valence-electron chi connectivity index (χ0n) is 7.46. The molecule has 1 rings (SSSR count). The Labute approximate surface area is 81.0 Å². The van der Waals surface area contributed by atoms with Crippen molar-refractivity contribution in [3.63, 3.8) is 0 Å². The van der Waals surface area contributed by atoms with E-state index in [1.807, 2.05) is 0 Å². The van der Waals surface area contributed by atoms with E-state index >= 15 is 0 Å². The van der Waals surface area contributed by atoms with E-state index in [1.165, 1.54) is 18.2 Å². The predicted molar refractivity (Wildman–Crippen MR) is 49.8 cm³/mol. The van der Waals surface area contributed by atoms with Gasteiger partial charge in [0.2, 0.25) is 0 Å². The first kappa shape index (κ1) is 10.8. The molecule has 5 heteroatoms. The Morgan fingerprint density at radius 3 is 2.43 bits per heavy atom. The molecule has 0 spiro atoms. The van der Waals surface area contributed by atoms with Crippen molar-refractivity contribution in [1.29, 1.82) is 0 Å². The van der Waals surface area contributed by atoms with E-state index in [-0.39, 0.29) is 17.9 Å². The van der Waals surface area contributed by atoms with Gasteiger partial charge in [0.1, 0.15) is 6.10 Å². The van der Waals surface area contributed by atoms with E-state index in [1.54, 1.807) is 0 Å². The minimum Gasteiger partial charge on any atom is -0.504 e. The Kier molecular flexibility index (Phi) is 3.29. The summed E-state index contributed by atoms with van der Waals surface area (Å²) >= 11 is 0. The molecule has 0 radical (unpaired) electrons. The largest absolute Gasteiger partial charge is 0.504 e. The van der Waals surface area contributed by atoms with Gasteiger partial charge in [-0.1, -0.05) is 12.1 Å². The SMILES string of the molecule is NCC(O)C(O)c1cccc(O)c1O. The van der Waals surface area contributed by atoms with Crippen LogP contribution in [-0.4, -0.2) is 33.1 Å². The summed E-state index contributed by atoms with van der Waals surface area (Å²) in [4.78, 5) is 0. The van der Waals surface area contributed by atoms with Gasteiger partial charge in [-0.25, -0.2) is 0 Å². The Balaban J connectivity index is 3.01. The van der Waals surface area contributed by atoms with Crippen molar-refractivity contribution in [2.45, 2.75) is 12.2 Å². The number of phenols is 2. The third-order valence-electron chi connectivity index (χ3n) is 1.97. The number of phenolic OH excluding ortho intramolecular Hbond substituents is 2. The number of hydrogen-bond donors (Lipinski definition) is 5. The number of para-hydroxylation sites is 1. The van der Waals surface area contributed by atoms with Crippen molar-refractivity contribution in [1.82, 2.24) is 0 Å². The number of rotatable bonds is 3. The van der Waals surface area contributed by atoms with Gasteiger partial charge < -0.3 is 26.2 Å². The first-order valence-electron chi connectivity index (χ1n) is 4.15. The highest BCUT2D eigenvalue weighted by Gasteiger charge is 2.21. The molecule has 0 amide bonds. The summed E-state index contributed by atoms with van der Waals surface area (Å²) in [7, 11) is 0. The van der Waals surface area contributed by atoms with Gasteiger partial charge in [0.15, 0.2) is 11.5 Å². The number of hydrogen-bond acceptors (Lipinski definition) is 5. The molecule has 78 valence electrons. The van der Waals surface area contributed by atoms with E-state index < -0.39 is 18.0 Å². The maximum atomic E-state index is 9.49. The average molecular weight is 199 g/mol. The fourth-order valence-corrected chi connectivity index (χ4v) is 1.12. The van der Waals surface area contributed by atoms with Gasteiger partial charge in [-0.2, -0.15) is 0 Å². The van der Waals surface area contributed by atoms with E-state index in [0.717, 1.165) is 0 Å². The highest BCUT2D eigenvalue weighted by molar-refractivity contribution is 5.45. The summed E-state index contributed by atoms with van der Waals surface area (Å²) in [5.74, 6) is -0.779. The molecule has 1 aromatic carbocycles. The van der Waals surface area contributed by atoms with Crippen LogP contribution in [0.2, 0.25) is 0 Å².